The van der Waals surface area contributed by atoms with E-state index in [0.717, 1.165) is 16.8 Å². The van der Waals surface area contributed by atoms with Crippen LogP contribution in [0.1, 0.15) is 64.4 Å². The molecule has 0 saturated heterocycles. The van der Waals surface area contributed by atoms with Gasteiger partial charge in [0.1, 0.15) is 56.6 Å². The molecule has 3 aromatic carbocycles. The highest BCUT2D eigenvalue weighted by molar-refractivity contribution is 5.85. The van der Waals surface area contributed by atoms with Crippen molar-refractivity contribution in [3.8, 4) is 34.9 Å². The van der Waals surface area contributed by atoms with Crippen molar-refractivity contribution in [2.24, 2.45) is 19.8 Å². The Bertz CT molecular complexity index is 3330. The van der Waals surface area contributed by atoms with Crippen LogP contribution in [0.2, 0.25) is 0 Å². The van der Waals surface area contributed by atoms with Crippen molar-refractivity contribution < 1.29 is 32.3 Å². The van der Waals surface area contributed by atoms with Crippen molar-refractivity contribution >= 4 is 57.5 Å². The number of nitrogens with two attached hydrogens (primary N) is 1. The van der Waals surface area contributed by atoms with Crippen LogP contribution >= 0.6 is 12.4 Å². The lowest BCUT2D eigenvalue weighted by molar-refractivity contribution is 0.0509. The van der Waals surface area contributed by atoms with Crippen molar-refractivity contribution in [1.82, 2.24) is 40.6 Å². The predicted octanol–water partition coefficient (Wildman–Crippen LogP) is 6.88. The molecule has 0 spiro atoms. The number of fused-ring (bicyclic) bond motifs is 3. The Balaban J connectivity index is 0.000000191. The zero-order valence-electron chi connectivity index (χ0n) is 38.5. The van der Waals surface area contributed by atoms with Gasteiger partial charge in [0.05, 0.1) is 48.2 Å². The van der Waals surface area contributed by atoms with Gasteiger partial charge in [-0.05, 0) is 84.0 Å². The Morgan fingerprint density at radius 1 is 0.632 bits per heavy atom. The predicted molar refractivity (Wildman–Crippen MR) is 257 cm³/mol. The van der Waals surface area contributed by atoms with Gasteiger partial charge in [-0.25, -0.2) is 9.59 Å². The van der Waals surface area contributed by atoms with Crippen molar-refractivity contribution in [3.05, 3.63) is 139 Å². The molecular weight excluding hydrogens is 898 g/mol. The SMILES string of the molecule is C#Cc1ccc2c(=O)cc(CNC(=O)OC(C)(C)C)oc2c1.Cl.Cn1cc(-c2ccc3c(=O)cc(CN)oc3c2)nn1.Cn1cc(-c2ccc3c(=O)cc(CNC(=O)OC(C)(C)C)oc3c2)nn1. The number of aromatic nitrogens is 6. The number of alkyl carbamates (subject to hydrolysis) is 2. The number of amides is 2. The summed E-state index contributed by atoms with van der Waals surface area (Å²) in [5, 5.41) is 22.4. The van der Waals surface area contributed by atoms with Crippen molar-refractivity contribution in [2.45, 2.75) is 72.4 Å². The number of nitrogens with zero attached hydrogens (tertiary/aromatic N) is 6. The molecule has 8 rings (SSSR count). The van der Waals surface area contributed by atoms with Gasteiger partial charge in [-0.1, -0.05) is 28.5 Å². The number of terminal acetylenes is 1. The Morgan fingerprint density at radius 3 is 1.38 bits per heavy atom. The molecule has 4 N–H and O–H groups in total. The number of hydrogen-bond donors (Lipinski definition) is 3. The summed E-state index contributed by atoms with van der Waals surface area (Å²) >= 11 is 0. The number of carbonyl (C=O) groups excluding carboxylic acids is 2. The van der Waals surface area contributed by atoms with Crippen LogP contribution < -0.4 is 32.7 Å². The molecule has 5 aromatic heterocycles. The van der Waals surface area contributed by atoms with Crippen LogP contribution in [0.3, 0.4) is 0 Å². The molecule has 0 unspecified atom stereocenters. The molecule has 0 atom stereocenters. The topological polar surface area (TPSA) is 255 Å². The van der Waals surface area contributed by atoms with Crippen LogP contribution in [-0.4, -0.2) is 53.4 Å². The number of ether oxygens (including phenoxy) is 2. The Hall–Kier alpha value is -8.08. The van der Waals surface area contributed by atoms with Crippen LogP contribution in [0.15, 0.2) is 113 Å². The zero-order chi connectivity index (χ0) is 48.6. The van der Waals surface area contributed by atoms with E-state index >= 15 is 0 Å². The minimum absolute atomic E-state index is 0. The summed E-state index contributed by atoms with van der Waals surface area (Å²) in [4.78, 5) is 59.5. The normalized spacial score (nSPS) is 11.1. The van der Waals surface area contributed by atoms with E-state index in [-0.39, 0.29) is 48.3 Å². The lowest BCUT2D eigenvalue weighted by Gasteiger charge is -2.19. The smallest absolute Gasteiger partial charge is 0.408 e. The maximum Gasteiger partial charge on any atom is 0.408 e. The Morgan fingerprint density at radius 2 is 1.01 bits per heavy atom. The van der Waals surface area contributed by atoms with Gasteiger partial charge in [-0.2, -0.15) is 0 Å². The summed E-state index contributed by atoms with van der Waals surface area (Å²) < 4.78 is 30.4. The first-order valence-electron chi connectivity index (χ1n) is 20.7. The van der Waals surface area contributed by atoms with Gasteiger partial charge >= 0.3 is 12.2 Å². The molecule has 2 amide bonds. The first-order valence-corrected chi connectivity index (χ1v) is 20.7. The van der Waals surface area contributed by atoms with Crippen LogP contribution in [0.4, 0.5) is 9.59 Å². The third-order valence-corrected chi connectivity index (χ3v) is 9.12. The summed E-state index contributed by atoms with van der Waals surface area (Å²) in [5.74, 6) is 3.62. The largest absolute Gasteiger partial charge is 0.459 e. The molecule has 354 valence electrons. The molecule has 0 bridgehead atoms. The summed E-state index contributed by atoms with van der Waals surface area (Å²) in [6.07, 6.45) is 7.75. The average molecular weight is 948 g/mol. The van der Waals surface area contributed by atoms with E-state index in [0.29, 0.717) is 61.4 Å². The monoisotopic (exact) mass is 947 g/mol. The summed E-state index contributed by atoms with van der Waals surface area (Å²) in [7, 11) is 3.57. The molecule has 0 saturated carbocycles. The number of aryl methyl sites for hydroxylation is 2. The average Bonchev–Trinajstić information content (AvgIpc) is 3.91. The second-order valence-electron chi connectivity index (χ2n) is 17.0. The molecule has 8 aromatic rings. The van der Waals surface area contributed by atoms with Crippen molar-refractivity contribution in [1.29, 1.82) is 0 Å². The van der Waals surface area contributed by atoms with E-state index in [2.05, 4.69) is 37.2 Å². The van der Waals surface area contributed by atoms with Crippen molar-refractivity contribution in [2.75, 3.05) is 0 Å². The fourth-order valence-electron chi connectivity index (χ4n) is 6.20. The molecule has 0 aliphatic rings. The maximum absolute atomic E-state index is 12.3. The van der Waals surface area contributed by atoms with Gasteiger partial charge in [0.15, 0.2) is 16.3 Å². The van der Waals surface area contributed by atoms with Crippen LogP contribution in [0, 0.1) is 12.3 Å². The molecular formula is C48H50ClN9O10. The van der Waals surface area contributed by atoms with Crippen molar-refractivity contribution in [3.63, 3.8) is 0 Å². The van der Waals surface area contributed by atoms with E-state index in [1.807, 2.05) is 6.07 Å². The van der Waals surface area contributed by atoms with Crippen LogP contribution in [0.5, 0.6) is 0 Å². The summed E-state index contributed by atoms with van der Waals surface area (Å²) in [5.41, 5.74) is 8.83. The Kier molecular flexibility index (Phi) is 16.1. The third-order valence-electron chi connectivity index (χ3n) is 9.12. The molecule has 0 aliphatic carbocycles. The fraction of sp³-hybridized carbons (Fsp3) is 0.271. The second-order valence-corrected chi connectivity index (χ2v) is 17.0. The standard InChI is InChI=1S/C18H20N4O4.C17H17NO4.C13H12N4O2.ClH/c1-18(2,3)26-17(24)19-9-12-8-15(23)13-6-5-11(7-16(13)25-12)14-10-22(4)21-20-14;1-5-11-6-7-13-14(19)9-12(21-15(13)8-11)10-18-16(20)22-17(2,3)4;1-17-7-11(15-16-17)8-2-3-10-12(18)5-9(6-14)19-13(10)4-8;/h5-8,10H,9H2,1-4H3,(H,19,24);1,6-9H,10H2,2-4H3,(H,18,20);2-5,7H,6,14H2,1H3;1H. The highest BCUT2D eigenvalue weighted by Gasteiger charge is 2.18. The molecule has 0 radical (unpaired) electrons. The molecule has 5 heterocycles. The first kappa shape index (κ1) is 50.9. The number of carbonyl (C=O) groups is 2. The lowest BCUT2D eigenvalue weighted by atomic mass is 10.1. The summed E-state index contributed by atoms with van der Waals surface area (Å²) in [6.45, 7) is 10.9. The lowest BCUT2D eigenvalue weighted by Crippen LogP contribution is -2.32. The minimum atomic E-state index is -0.597. The van der Waals surface area contributed by atoms with Gasteiger partial charge < -0.3 is 39.1 Å². The van der Waals surface area contributed by atoms with E-state index in [1.54, 1.807) is 126 Å². The Labute approximate surface area is 395 Å². The van der Waals surface area contributed by atoms with Gasteiger partial charge in [-0.15, -0.1) is 29.0 Å². The molecule has 68 heavy (non-hydrogen) atoms. The highest BCUT2D eigenvalue weighted by atomic mass is 35.5. The van der Waals surface area contributed by atoms with Gasteiger partial charge in [0.25, 0.3) is 0 Å². The number of halogens is 1. The molecule has 0 fully saturated rings. The molecule has 20 heteroatoms. The number of rotatable bonds is 7. The van der Waals surface area contributed by atoms with E-state index in [9.17, 15) is 24.0 Å². The van der Waals surface area contributed by atoms with Crippen LogP contribution in [0.25, 0.3) is 55.4 Å². The minimum Gasteiger partial charge on any atom is -0.459 e. The van der Waals surface area contributed by atoms with E-state index < -0.39 is 23.4 Å². The maximum atomic E-state index is 12.3. The fourth-order valence-corrected chi connectivity index (χ4v) is 6.20. The molecule has 19 nitrogen and oxygen atoms in total. The third kappa shape index (κ3) is 13.7. The quantitative estimate of drug-likeness (QED) is 0.138. The second kappa shape index (κ2) is 21.5. The zero-order valence-corrected chi connectivity index (χ0v) is 39.3. The first-order chi connectivity index (χ1) is 31.7. The van der Waals surface area contributed by atoms with E-state index in [1.165, 1.54) is 18.2 Å². The van der Waals surface area contributed by atoms with Gasteiger partial charge in [-0.3, -0.25) is 23.7 Å². The number of hydrogen-bond acceptors (Lipinski definition) is 15. The van der Waals surface area contributed by atoms with Crippen LogP contribution in [-0.2, 0) is 43.2 Å². The number of nitrogens with one attached hydrogen (secondary N) is 2. The molecule has 0 aliphatic heterocycles. The summed E-state index contributed by atoms with van der Waals surface area (Å²) in [6, 6.07) is 19.6. The van der Waals surface area contributed by atoms with E-state index in [4.69, 9.17) is 34.9 Å². The number of benzene rings is 3. The van der Waals surface area contributed by atoms with Gasteiger partial charge in [0, 0.05) is 49.0 Å². The highest BCUT2D eigenvalue weighted by Crippen LogP contribution is 2.23. The van der Waals surface area contributed by atoms with Gasteiger partial charge in [0.2, 0.25) is 0 Å².